The molecule has 3 nitrogen and oxygen atoms in total. The summed E-state index contributed by atoms with van der Waals surface area (Å²) in [6.45, 7) is 3.45. The maximum atomic E-state index is 6.31. The molecule has 2 atom stereocenters. The van der Waals surface area contributed by atoms with Crippen LogP contribution in [0.25, 0.3) is 0 Å². The van der Waals surface area contributed by atoms with Crippen LogP contribution in [0.3, 0.4) is 0 Å². The van der Waals surface area contributed by atoms with Crippen LogP contribution in [0, 0.1) is 0 Å². The summed E-state index contributed by atoms with van der Waals surface area (Å²) in [5, 5.41) is 2.61. The molecular weight excluding hydrogens is 382 g/mol. The molecule has 140 valence electrons. The Morgan fingerprint density at radius 2 is 1.46 bits per heavy atom. The van der Waals surface area contributed by atoms with E-state index >= 15 is 0 Å². The van der Waals surface area contributed by atoms with Gasteiger partial charge in [0.2, 0.25) is 0 Å². The van der Waals surface area contributed by atoms with E-state index in [0.717, 1.165) is 6.42 Å². The standard InChI is InChI=1S/C20H26O3P2S/c1-3-22-25(26,23-4-2)19-15-16-21-20(19)24(17-11-7-5-8-12-17)18-13-9-6-10-14-18/h5-14,19-20H,3-4,15-16H2,1-2H3/t19-,20+/m1/s1. The quantitative estimate of drug-likeness (QED) is 0.596. The van der Waals surface area contributed by atoms with Crippen LogP contribution in [-0.4, -0.2) is 31.3 Å². The number of rotatable bonds is 8. The third-order valence-corrected chi connectivity index (χ3v) is 11.4. The molecule has 0 bridgehead atoms. The lowest BCUT2D eigenvalue weighted by molar-refractivity contribution is 0.167. The zero-order valence-corrected chi connectivity index (χ0v) is 17.9. The van der Waals surface area contributed by atoms with Gasteiger partial charge < -0.3 is 13.8 Å². The molecule has 1 heterocycles. The molecule has 0 amide bonds. The third-order valence-electron chi connectivity index (χ3n) is 4.38. The van der Waals surface area contributed by atoms with Crippen molar-refractivity contribution < 1.29 is 13.8 Å². The van der Waals surface area contributed by atoms with Crippen molar-refractivity contribution in [2.45, 2.75) is 31.8 Å². The van der Waals surface area contributed by atoms with E-state index in [0.29, 0.717) is 19.8 Å². The summed E-state index contributed by atoms with van der Waals surface area (Å²) in [6.07, 6.45) is 0.903. The van der Waals surface area contributed by atoms with Gasteiger partial charge in [0.15, 0.2) is 6.49 Å². The van der Waals surface area contributed by atoms with Gasteiger partial charge in [-0.2, -0.15) is 0 Å². The molecule has 26 heavy (non-hydrogen) atoms. The molecule has 2 aromatic rings. The van der Waals surface area contributed by atoms with Crippen molar-refractivity contribution in [3.05, 3.63) is 60.7 Å². The zero-order valence-electron chi connectivity index (χ0n) is 15.3. The molecule has 0 saturated carbocycles. The second kappa shape index (κ2) is 9.55. The van der Waals surface area contributed by atoms with E-state index < -0.39 is 14.4 Å². The van der Waals surface area contributed by atoms with Crippen molar-refractivity contribution in [1.29, 1.82) is 0 Å². The molecule has 1 aliphatic heterocycles. The molecule has 1 aliphatic rings. The highest BCUT2D eigenvalue weighted by Gasteiger charge is 2.45. The molecule has 0 unspecified atom stereocenters. The number of benzene rings is 2. The Hall–Kier alpha value is -0.600. The largest absolute Gasteiger partial charge is 0.372 e. The van der Waals surface area contributed by atoms with E-state index in [1.165, 1.54) is 10.6 Å². The third kappa shape index (κ3) is 4.44. The van der Waals surface area contributed by atoms with Gasteiger partial charge in [-0.1, -0.05) is 60.7 Å². The van der Waals surface area contributed by atoms with Gasteiger partial charge >= 0.3 is 0 Å². The Bertz CT molecular complexity index is 677. The summed E-state index contributed by atoms with van der Waals surface area (Å²) in [6, 6.07) is 21.3. The first-order valence-corrected chi connectivity index (χ1v) is 13.2. The summed E-state index contributed by atoms with van der Waals surface area (Å²) >= 11 is 5.95. The van der Waals surface area contributed by atoms with E-state index in [-0.39, 0.29) is 11.5 Å². The maximum absolute atomic E-state index is 6.31. The van der Waals surface area contributed by atoms with Crippen LogP contribution in [0.1, 0.15) is 20.3 Å². The van der Waals surface area contributed by atoms with Gasteiger partial charge in [0.05, 0.1) is 24.7 Å². The van der Waals surface area contributed by atoms with E-state index in [9.17, 15) is 0 Å². The van der Waals surface area contributed by atoms with Crippen molar-refractivity contribution >= 4 is 36.8 Å². The van der Waals surface area contributed by atoms with Crippen molar-refractivity contribution in [1.82, 2.24) is 0 Å². The predicted molar refractivity (Wildman–Crippen MR) is 115 cm³/mol. The molecule has 3 rings (SSSR count). The van der Waals surface area contributed by atoms with E-state index in [4.69, 9.17) is 25.6 Å². The van der Waals surface area contributed by atoms with Crippen LogP contribution in [-0.2, 0) is 25.6 Å². The van der Waals surface area contributed by atoms with Gasteiger partial charge in [0.1, 0.15) is 0 Å². The lowest BCUT2D eigenvalue weighted by Gasteiger charge is -2.34. The van der Waals surface area contributed by atoms with Crippen molar-refractivity contribution in [3.8, 4) is 0 Å². The average molecular weight is 408 g/mol. The second-order valence-corrected chi connectivity index (χ2v) is 12.1. The van der Waals surface area contributed by atoms with Gasteiger partial charge in [-0.3, -0.25) is 0 Å². The highest BCUT2D eigenvalue weighted by atomic mass is 32.5. The topological polar surface area (TPSA) is 27.7 Å². The normalized spacial score (nSPS) is 20.6. The number of hydrogen-bond donors (Lipinski definition) is 0. The first kappa shape index (κ1) is 20.1. The lowest BCUT2D eigenvalue weighted by atomic mass is 10.4. The molecular formula is C20H26O3P2S. The SMILES string of the molecule is CCOP(=S)(OCC)[C@@H]1CCO[C@H]1P(c1ccccc1)c1ccccc1. The molecule has 0 radical (unpaired) electrons. The Kier molecular flexibility index (Phi) is 7.40. The second-order valence-electron chi connectivity index (χ2n) is 6.03. The number of hydrogen-bond acceptors (Lipinski definition) is 4. The minimum Gasteiger partial charge on any atom is -0.372 e. The average Bonchev–Trinajstić information content (AvgIpc) is 3.14. The van der Waals surface area contributed by atoms with E-state index in [2.05, 4.69) is 60.7 Å². The highest BCUT2D eigenvalue weighted by Crippen LogP contribution is 2.62. The molecule has 0 aromatic heterocycles. The fourth-order valence-corrected chi connectivity index (χ4v) is 10.4. The summed E-state index contributed by atoms with van der Waals surface area (Å²) in [4.78, 5) is 0. The maximum Gasteiger partial charge on any atom is 0.194 e. The summed E-state index contributed by atoms with van der Waals surface area (Å²) < 4.78 is 18.4. The lowest BCUT2D eigenvalue weighted by Crippen LogP contribution is -2.30. The minimum atomic E-state index is -2.39. The zero-order chi connectivity index (χ0) is 18.4. The molecule has 1 fully saturated rings. The van der Waals surface area contributed by atoms with Gasteiger partial charge in [0.25, 0.3) is 0 Å². The Morgan fingerprint density at radius 1 is 0.962 bits per heavy atom. The van der Waals surface area contributed by atoms with E-state index in [1.807, 2.05) is 13.8 Å². The first-order valence-electron chi connectivity index (χ1n) is 9.09. The van der Waals surface area contributed by atoms with Crippen LogP contribution >= 0.6 is 14.4 Å². The summed E-state index contributed by atoms with van der Waals surface area (Å²) in [5.74, 6) is 0.0266. The summed E-state index contributed by atoms with van der Waals surface area (Å²) in [5.41, 5.74) is 0.129. The number of ether oxygens (including phenoxy) is 1. The Balaban J connectivity index is 2.01. The van der Waals surface area contributed by atoms with Crippen molar-refractivity contribution in [2.24, 2.45) is 0 Å². The fraction of sp³-hybridized carbons (Fsp3) is 0.400. The van der Waals surface area contributed by atoms with Gasteiger partial charge in [-0.05, 0) is 50.6 Å². The highest BCUT2D eigenvalue weighted by molar-refractivity contribution is 8.10. The smallest absolute Gasteiger partial charge is 0.194 e. The van der Waals surface area contributed by atoms with Crippen molar-refractivity contribution in [2.75, 3.05) is 19.8 Å². The van der Waals surface area contributed by atoms with Crippen LogP contribution in [0.5, 0.6) is 0 Å². The van der Waals surface area contributed by atoms with Crippen molar-refractivity contribution in [3.63, 3.8) is 0 Å². The Labute approximate surface area is 163 Å². The molecule has 1 saturated heterocycles. The van der Waals surface area contributed by atoms with Gasteiger partial charge in [0, 0.05) is 6.61 Å². The van der Waals surface area contributed by atoms with Crippen LogP contribution in [0.2, 0.25) is 0 Å². The molecule has 2 aromatic carbocycles. The van der Waals surface area contributed by atoms with Gasteiger partial charge in [-0.25, -0.2) is 0 Å². The fourth-order valence-electron chi connectivity index (χ4n) is 3.33. The molecule has 6 heteroatoms. The molecule has 0 spiro atoms. The van der Waals surface area contributed by atoms with Gasteiger partial charge in [-0.15, -0.1) is 0 Å². The Morgan fingerprint density at radius 3 is 1.92 bits per heavy atom. The molecule has 0 N–H and O–H groups in total. The van der Waals surface area contributed by atoms with Crippen LogP contribution in [0.4, 0.5) is 0 Å². The van der Waals surface area contributed by atoms with Crippen LogP contribution in [0.15, 0.2) is 60.7 Å². The predicted octanol–water partition coefficient (Wildman–Crippen LogP) is 4.62. The summed E-state index contributed by atoms with van der Waals surface area (Å²) in [7, 11) is -0.698. The van der Waals surface area contributed by atoms with E-state index in [1.54, 1.807) is 0 Å². The monoisotopic (exact) mass is 408 g/mol. The molecule has 0 aliphatic carbocycles. The first-order chi connectivity index (χ1) is 12.7. The minimum absolute atomic E-state index is 0.0266. The van der Waals surface area contributed by atoms with Crippen LogP contribution < -0.4 is 10.6 Å².